The van der Waals surface area contributed by atoms with Crippen molar-refractivity contribution in [1.29, 1.82) is 0 Å². The summed E-state index contributed by atoms with van der Waals surface area (Å²) >= 11 is 0. The van der Waals surface area contributed by atoms with Crippen LogP contribution < -0.4 is 16.0 Å². The Morgan fingerprint density at radius 2 is 1.96 bits per heavy atom. The third-order valence-electron chi connectivity index (χ3n) is 4.21. The molecule has 1 aliphatic rings. The predicted molar refractivity (Wildman–Crippen MR) is 96.8 cm³/mol. The van der Waals surface area contributed by atoms with Crippen molar-refractivity contribution >= 4 is 17.8 Å². The summed E-state index contributed by atoms with van der Waals surface area (Å²) in [5, 5.41) is 9.41. The number of hydrogen-bond acceptors (Lipinski definition) is 3. The van der Waals surface area contributed by atoms with E-state index in [1.807, 2.05) is 39.5 Å². The Balaban J connectivity index is 2.49. The van der Waals surface area contributed by atoms with Gasteiger partial charge in [0.05, 0.1) is 5.41 Å². The van der Waals surface area contributed by atoms with Crippen LogP contribution in [0.5, 0.6) is 0 Å². The molecule has 3 N–H and O–H groups in total. The lowest BCUT2D eigenvalue weighted by molar-refractivity contribution is -0.133. The molecule has 0 saturated carbocycles. The summed E-state index contributed by atoms with van der Waals surface area (Å²) < 4.78 is 0. The fourth-order valence-electron chi connectivity index (χ4n) is 2.62. The highest BCUT2D eigenvalue weighted by atomic mass is 16.2. The molecule has 7 heteroatoms. The molecule has 0 aromatic heterocycles. The average molecular weight is 339 g/mol. The first-order valence-corrected chi connectivity index (χ1v) is 8.75. The van der Waals surface area contributed by atoms with Crippen molar-refractivity contribution in [3.63, 3.8) is 0 Å². The van der Waals surface area contributed by atoms with E-state index in [0.29, 0.717) is 25.6 Å². The molecule has 1 saturated heterocycles. The van der Waals surface area contributed by atoms with E-state index in [-0.39, 0.29) is 23.8 Å². The Kier molecular flexibility index (Phi) is 7.51. The molecule has 24 heavy (non-hydrogen) atoms. The van der Waals surface area contributed by atoms with E-state index < -0.39 is 5.41 Å². The van der Waals surface area contributed by atoms with Crippen molar-refractivity contribution in [2.24, 2.45) is 16.3 Å². The minimum absolute atomic E-state index is 0.0162. The Hall–Kier alpha value is -1.79. The fourth-order valence-corrected chi connectivity index (χ4v) is 2.62. The van der Waals surface area contributed by atoms with Crippen LogP contribution in [0.2, 0.25) is 0 Å². The molecule has 7 nitrogen and oxygen atoms in total. The van der Waals surface area contributed by atoms with Crippen LogP contribution in [0.4, 0.5) is 0 Å². The second kappa shape index (κ2) is 8.89. The van der Waals surface area contributed by atoms with Gasteiger partial charge in [-0.25, -0.2) is 0 Å². The lowest BCUT2D eigenvalue weighted by Crippen LogP contribution is -2.50. The van der Waals surface area contributed by atoms with Gasteiger partial charge in [0.15, 0.2) is 5.96 Å². The van der Waals surface area contributed by atoms with Crippen LogP contribution in [0, 0.1) is 11.3 Å². The highest BCUT2D eigenvalue weighted by Gasteiger charge is 2.30. The normalized spacial score (nSPS) is 18.7. The van der Waals surface area contributed by atoms with Gasteiger partial charge in [-0.05, 0) is 27.2 Å². The van der Waals surface area contributed by atoms with E-state index in [9.17, 15) is 9.59 Å². The Morgan fingerprint density at radius 1 is 1.29 bits per heavy atom. The number of likely N-dealkylation sites (tertiary alicyclic amines) is 1. The van der Waals surface area contributed by atoms with Crippen LogP contribution in [0.1, 0.15) is 41.0 Å². The van der Waals surface area contributed by atoms with E-state index in [4.69, 9.17) is 0 Å². The maximum atomic E-state index is 12.0. The minimum atomic E-state index is -0.525. The summed E-state index contributed by atoms with van der Waals surface area (Å²) in [5.41, 5.74) is -0.525. The second-order valence-corrected chi connectivity index (χ2v) is 7.24. The third kappa shape index (κ3) is 5.69. The lowest BCUT2D eigenvalue weighted by atomic mass is 9.92. The molecule has 1 atom stereocenters. The van der Waals surface area contributed by atoms with Gasteiger partial charge in [-0.1, -0.05) is 13.8 Å². The molecule has 0 aromatic rings. The number of rotatable bonds is 6. The number of amides is 2. The van der Waals surface area contributed by atoms with Gasteiger partial charge in [0.1, 0.15) is 0 Å². The summed E-state index contributed by atoms with van der Waals surface area (Å²) in [6, 6.07) is 0.187. The van der Waals surface area contributed by atoms with Crippen LogP contribution in [0.15, 0.2) is 4.99 Å². The van der Waals surface area contributed by atoms with Crippen LogP contribution in [-0.2, 0) is 9.59 Å². The number of carbonyl (C=O) groups excluding carboxylic acids is 2. The molecule has 0 bridgehead atoms. The van der Waals surface area contributed by atoms with Gasteiger partial charge in [-0.2, -0.15) is 0 Å². The van der Waals surface area contributed by atoms with E-state index in [0.717, 1.165) is 13.0 Å². The first kappa shape index (κ1) is 20.3. The summed E-state index contributed by atoms with van der Waals surface area (Å²) in [6.07, 6.45) is 0.902. The number of nitrogens with zero attached hydrogens (tertiary/aromatic N) is 2. The number of aliphatic imine (C=N–C) groups is 1. The monoisotopic (exact) mass is 339 g/mol. The number of carbonyl (C=O) groups is 2. The van der Waals surface area contributed by atoms with Crippen LogP contribution in [0.25, 0.3) is 0 Å². The molecule has 1 fully saturated rings. The Labute approximate surface area is 145 Å². The van der Waals surface area contributed by atoms with Gasteiger partial charge in [0.25, 0.3) is 0 Å². The van der Waals surface area contributed by atoms with Crippen molar-refractivity contribution in [3.8, 4) is 0 Å². The molecule has 1 rings (SSSR count). The number of guanidine groups is 1. The molecule has 2 amide bonds. The molecule has 1 heterocycles. The van der Waals surface area contributed by atoms with Gasteiger partial charge in [-0.3, -0.25) is 14.6 Å². The van der Waals surface area contributed by atoms with Crippen molar-refractivity contribution in [1.82, 2.24) is 20.9 Å². The number of nitrogens with one attached hydrogen (secondary N) is 3. The molecule has 0 aliphatic carbocycles. The quantitative estimate of drug-likeness (QED) is 0.488. The average Bonchev–Trinajstić information content (AvgIpc) is 2.99. The van der Waals surface area contributed by atoms with Gasteiger partial charge >= 0.3 is 0 Å². The summed E-state index contributed by atoms with van der Waals surface area (Å²) in [6.45, 7) is 12.1. The maximum Gasteiger partial charge on any atom is 0.227 e. The molecule has 0 aromatic carbocycles. The largest absolute Gasteiger partial charge is 0.356 e. The van der Waals surface area contributed by atoms with Gasteiger partial charge in [0, 0.05) is 45.2 Å². The van der Waals surface area contributed by atoms with Crippen LogP contribution in [0.3, 0.4) is 0 Å². The topological polar surface area (TPSA) is 85.8 Å². The standard InChI is InChI=1S/C17H33N5O2/c1-7-19-15(24)17(4,5)11-20-16(18-6)21-13-8-9-22(10-13)14(23)12(2)3/h12-13H,7-11H2,1-6H3,(H,19,24)(H2,18,20,21). The lowest BCUT2D eigenvalue weighted by Gasteiger charge is -2.26. The fraction of sp³-hybridized carbons (Fsp3) is 0.824. The molecule has 1 aliphatic heterocycles. The van der Waals surface area contributed by atoms with Crippen LogP contribution >= 0.6 is 0 Å². The molecule has 138 valence electrons. The summed E-state index contributed by atoms with van der Waals surface area (Å²) in [7, 11) is 1.71. The third-order valence-corrected chi connectivity index (χ3v) is 4.21. The van der Waals surface area contributed by atoms with Crippen molar-refractivity contribution in [2.75, 3.05) is 33.2 Å². The zero-order valence-electron chi connectivity index (χ0n) is 15.9. The zero-order chi connectivity index (χ0) is 18.3. The van der Waals surface area contributed by atoms with E-state index in [1.165, 1.54) is 0 Å². The van der Waals surface area contributed by atoms with Crippen LogP contribution in [-0.4, -0.2) is 61.9 Å². The number of hydrogen-bond donors (Lipinski definition) is 3. The van der Waals surface area contributed by atoms with E-state index in [2.05, 4.69) is 20.9 Å². The maximum absolute atomic E-state index is 12.0. The van der Waals surface area contributed by atoms with Crippen molar-refractivity contribution in [3.05, 3.63) is 0 Å². The highest BCUT2D eigenvalue weighted by Crippen LogP contribution is 2.14. The second-order valence-electron chi connectivity index (χ2n) is 7.24. The molecule has 1 unspecified atom stereocenters. The molecular weight excluding hydrogens is 306 g/mol. The Morgan fingerprint density at radius 3 is 2.50 bits per heavy atom. The minimum Gasteiger partial charge on any atom is -0.356 e. The molecule has 0 spiro atoms. The summed E-state index contributed by atoms with van der Waals surface area (Å²) in [4.78, 5) is 30.2. The van der Waals surface area contributed by atoms with E-state index >= 15 is 0 Å². The van der Waals surface area contributed by atoms with Crippen molar-refractivity contribution in [2.45, 2.75) is 47.1 Å². The van der Waals surface area contributed by atoms with E-state index in [1.54, 1.807) is 7.05 Å². The van der Waals surface area contributed by atoms with Gasteiger partial charge < -0.3 is 20.9 Å². The highest BCUT2D eigenvalue weighted by molar-refractivity contribution is 5.84. The predicted octanol–water partition coefficient (Wildman–Crippen LogP) is 0.571. The van der Waals surface area contributed by atoms with Gasteiger partial charge in [-0.15, -0.1) is 0 Å². The molecular formula is C17H33N5O2. The summed E-state index contributed by atoms with van der Waals surface area (Å²) in [5.74, 6) is 0.900. The first-order valence-electron chi connectivity index (χ1n) is 8.75. The van der Waals surface area contributed by atoms with Crippen molar-refractivity contribution < 1.29 is 9.59 Å². The van der Waals surface area contributed by atoms with Gasteiger partial charge in [0.2, 0.25) is 11.8 Å². The smallest absolute Gasteiger partial charge is 0.227 e. The zero-order valence-corrected chi connectivity index (χ0v) is 15.9. The molecule has 0 radical (unpaired) electrons. The Bertz CT molecular complexity index is 474. The SMILES string of the molecule is CCNC(=O)C(C)(C)CNC(=NC)NC1CCN(C(=O)C(C)C)C1. The first-order chi connectivity index (χ1) is 11.2.